The van der Waals surface area contributed by atoms with E-state index >= 15 is 0 Å². The van der Waals surface area contributed by atoms with Crippen molar-refractivity contribution in [3.8, 4) is 23.2 Å². The minimum atomic E-state index is -0.0815. The first-order valence-corrected chi connectivity index (χ1v) is 10.7. The second-order valence-corrected chi connectivity index (χ2v) is 7.73. The average Bonchev–Trinajstić information content (AvgIpc) is 3.38. The normalized spacial score (nSPS) is 14.6. The zero-order chi connectivity index (χ0) is 22.2. The molecule has 9 heteroatoms. The van der Waals surface area contributed by atoms with E-state index in [0.29, 0.717) is 23.6 Å². The smallest absolute Gasteiger partial charge is 0.251 e. The van der Waals surface area contributed by atoms with Crippen molar-refractivity contribution in [2.45, 2.75) is 25.3 Å². The van der Waals surface area contributed by atoms with E-state index in [0.717, 1.165) is 50.2 Å². The predicted molar refractivity (Wildman–Crippen MR) is 118 cm³/mol. The Hall–Kier alpha value is -3.77. The van der Waals surface area contributed by atoms with Gasteiger partial charge >= 0.3 is 0 Å². The van der Waals surface area contributed by atoms with Gasteiger partial charge in [-0.25, -0.2) is 5.10 Å². The van der Waals surface area contributed by atoms with E-state index in [1.54, 1.807) is 24.3 Å². The Morgan fingerprint density at radius 2 is 1.97 bits per heavy atom. The summed E-state index contributed by atoms with van der Waals surface area (Å²) < 4.78 is 5.97. The Morgan fingerprint density at radius 3 is 2.69 bits per heavy atom. The van der Waals surface area contributed by atoms with Crippen molar-refractivity contribution in [2.75, 3.05) is 26.2 Å². The Kier molecular flexibility index (Phi) is 7.05. The number of carbonyl (C=O) groups excluding carboxylic acids is 1. The maximum absolute atomic E-state index is 12.4. The van der Waals surface area contributed by atoms with Gasteiger partial charge < -0.3 is 15.0 Å². The first-order chi connectivity index (χ1) is 15.7. The molecule has 0 unspecified atom stereocenters. The van der Waals surface area contributed by atoms with Crippen molar-refractivity contribution in [1.82, 2.24) is 30.8 Å². The summed E-state index contributed by atoms with van der Waals surface area (Å²) in [6, 6.07) is 16.7. The molecule has 1 aliphatic heterocycles. The van der Waals surface area contributed by atoms with E-state index in [9.17, 15) is 4.79 Å². The number of aromatic amines is 1. The van der Waals surface area contributed by atoms with Crippen molar-refractivity contribution >= 4 is 5.91 Å². The van der Waals surface area contributed by atoms with Crippen LogP contribution in [0, 0.1) is 11.3 Å². The van der Waals surface area contributed by atoms with Crippen LogP contribution in [0.1, 0.15) is 35.2 Å². The number of amides is 1. The Bertz CT molecular complexity index is 1050. The third kappa shape index (κ3) is 5.47. The molecule has 9 nitrogen and oxygen atoms in total. The number of nitriles is 1. The van der Waals surface area contributed by atoms with Crippen molar-refractivity contribution in [3.63, 3.8) is 0 Å². The third-order valence-electron chi connectivity index (χ3n) is 5.56. The molecular weight excluding hydrogens is 406 g/mol. The Labute approximate surface area is 186 Å². The highest BCUT2D eigenvalue weighted by Crippen LogP contribution is 2.26. The van der Waals surface area contributed by atoms with Gasteiger partial charge in [0, 0.05) is 31.2 Å². The number of piperidine rings is 1. The Balaban J connectivity index is 1.17. The molecule has 0 aliphatic carbocycles. The molecule has 0 bridgehead atoms. The number of nitrogens with one attached hydrogen (secondary N) is 2. The van der Waals surface area contributed by atoms with Crippen LogP contribution in [0.4, 0.5) is 0 Å². The van der Waals surface area contributed by atoms with Gasteiger partial charge in [-0.2, -0.15) is 5.26 Å². The van der Waals surface area contributed by atoms with E-state index in [-0.39, 0.29) is 11.9 Å². The molecule has 4 rings (SSSR count). The van der Waals surface area contributed by atoms with Gasteiger partial charge in [0.15, 0.2) is 5.82 Å². The SMILES string of the molecule is N#Cc1ccc(C(=O)NC2CCN(CCCOc3ccccc3-c3nnn[nH]3)CC2)cc1. The van der Waals surface area contributed by atoms with Gasteiger partial charge in [0.2, 0.25) is 0 Å². The number of para-hydroxylation sites is 1. The summed E-state index contributed by atoms with van der Waals surface area (Å²) in [6.45, 7) is 3.44. The molecule has 0 saturated carbocycles. The van der Waals surface area contributed by atoms with E-state index in [1.807, 2.05) is 24.3 Å². The van der Waals surface area contributed by atoms with Crippen molar-refractivity contribution < 1.29 is 9.53 Å². The van der Waals surface area contributed by atoms with Crippen LogP contribution < -0.4 is 10.1 Å². The van der Waals surface area contributed by atoms with E-state index in [2.05, 4.69) is 36.9 Å². The van der Waals surface area contributed by atoms with Crippen molar-refractivity contribution in [1.29, 1.82) is 5.26 Å². The van der Waals surface area contributed by atoms with Gasteiger partial charge in [0.25, 0.3) is 5.91 Å². The molecular formula is C23H25N7O2. The summed E-state index contributed by atoms with van der Waals surface area (Å²) in [4.78, 5) is 14.8. The molecule has 32 heavy (non-hydrogen) atoms. The van der Waals surface area contributed by atoms with Gasteiger partial charge in [-0.1, -0.05) is 12.1 Å². The number of nitrogens with zero attached hydrogens (tertiary/aromatic N) is 5. The third-order valence-corrected chi connectivity index (χ3v) is 5.56. The van der Waals surface area contributed by atoms with Crippen LogP contribution in [0.5, 0.6) is 5.75 Å². The number of hydrogen-bond donors (Lipinski definition) is 2. The number of H-pyrrole nitrogens is 1. The largest absolute Gasteiger partial charge is 0.493 e. The molecule has 164 valence electrons. The second-order valence-electron chi connectivity index (χ2n) is 7.73. The molecule has 2 heterocycles. The van der Waals surface area contributed by atoms with Crippen molar-refractivity contribution in [2.24, 2.45) is 0 Å². The number of hydrogen-bond acceptors (Lipinski definition) is 7. The highest BCUT2D eigenvalue weighted by Gasteiger charge is 2.21. The molecule has 1 aromatic heterocycles. The number of tetrazole rings is 1. The first kappa shape index (κ1) is 21.5. The summed E-state index contributed by atoms with van der Waals surface area (Å²) >= 11 is 0. The fraction of sp³-hybridized carbons (Fsp3) is 0.348. The van der Waals surface area contributed by atoms with Gasteiger partial charge in [-0.05, 0) is 66.1 Å². The average molecular weight is 432 g/mol. The van der Waals surface area contributed by atoms with Crippen LogP contribution in [0.25, 0.3) is 11.4 Å². The van der Waals surface area contributed by atoms with Crippen molar-refractivity contribution in [3.05, 3.63) is 59.7 Å². The number of aromatic nitrogens is 4. The lowest BCUT2D eigenvalue weighted by Crippen LogP contribution is -2.45. The van der Waals surface area contributed by atoms with Crippen LogP contribution in [0.2, 0.25) is 0 Å². The van der Waals surface area contributed by atoms with Crippen LogP contribution in [-0.2, 0) is 0 Å². The van der Waals surface area contributed by atoms with Crippen LogP contribution >= 0.6 is 0 Å². The van der Waals surface area contributed by atoms with Crippen LogP contribution in [0.3, 0.4) is 0 Å². The molecule has 1 aliphatic rings. The topological polar surface area (TPSA) is 120 Å². The van der Waals surface area contributed by atoms with Gasteiger partial charge in [-0.3, -0.25) is 4.79 Å². The quantitative estimate of drug-likeness (QED) is 0.526. The molecule has 0 spiro atoms. The summed E-state index contributed by atoms with van der Waals surface area (Å²) in [5.41, 5.74) is 1.98. The lowest BCUT2D eigenvalue weighted by atomic mass is 10.0. The maximum Gasteiger partial charge on any atom is 0.251 e. The number of rotatable bonds is 8. The Morgan fingerprint density at radius 1 is 1.19 bits per heavy atom. The summed E-state index contributed by atoms with van der Waals surface area (Å²) in [5, 5.41) is 25.9. The van der Waals surface area contributed by atoms with E-state index < -0.39 is 0 Å². The number of carbonyl (C=O) groups is 1. The highest BCUT2D eigenvalue weighted by molar-refractivity contribution is 5.94. The zero-order valence-corrected chi connectivity index (χ0v) is 17.7. The van der Waals surface area contributed by atoms with E-state index in [1.165, 1.54) is 0 Å². The molecule has 2 aromatic carbocycles. The highest BCUT2D eigenvalue weighted by atomic mass is 16.5. The number of likely N-dealkylation sites (tertiary alicyclic amines) is 1. The second kappa shape index (κ2) is 10.5. The lowest BCUT2D eigenvalue weighted by Gasteiger charge is -2.32. The first-order valence-electron chi connectivity index (χ1n) is 10.7. The minimum absolute atomic E-state index is 0.0815. The molecule has 1 amide bonds. The molecule has 0 atom stereocenters. The summed E-state index contributed by atoms with van der Waals surface area (Å²) in [6.07, 6.45) is 2.75. The molecule has 0 radical (unpaired) electrons. The van der Waals surface area contributed by atoms with E-state index in [4.69, 9.17) is 10.00 Å². The standard InChI is InChI=1S/C23H25N7O2/c24-16-17-6-8-18(9-7-17)23(31)25-19-10-13-30(14-11-19)12-3-15-32-21-5-2-1-4-20(21)22-26-28-29-27-22/h1-2,4-9,19H,3,10-15H2,(H,25,31)(H,26,27,28,29). The van der Waals surface area contributed by atoms with Crippen LogP contribution in [-0.4, -0.2) is 63.7 Å². The molecule has 1 fully saturated rings. The molecule has 3 aromatic rings. The number of benzene rings is 2. The summed E-state index contributed by atoms with van der Waals surface area (Å²) in [5.74, 6) is 1.27. The van der Waals surface area contributed by atoms with Gasteiger partial charge in [0.05, 0.1) is 23.8 Å². The van der Waals surface area contributed by atoms with Gasteiger partial charge in [-0.15, -0.1) is 5.10 Å². The lowest BCUT2D eigenvalue weighted by molar-refractivity contribution is 0.0909. The zero-order valence-electron chi connectivity index (χ0n) is 17.7. The predicted octanol–water partition coefficient (Wildman–Crippen LogP) is 2.40. The number of ether oxygens (including phenoxy) is 1. The molecule has 2 N–H and O–H groups in total. The molecule has 1 saturated heterocycles. The van der Waals surface area contributed by atoms with Gasteiger partial charge in [0.1, 0.15) is 5.75 Å². The fourth-order valence-electron chi connectivity index (χ4n) is 3.80. The summed E-state index contributed by atoms with van der Waals surface area (Å²) in [7, 11) is 0. The van der Waals surface area contributed by atoms with Crippen LogP contribution in [0.15, 0.2) is 48.5 Å². The fourth-order valence-corrected chi connectivity index (χ4v) is 3.80. The maximum atomic E-state index is 12.4. The monoisotopic (exact) mass is 431 g/mol. The minimum Gasteiger partial charge on any atom is -0.493 e.